The first-order chi connectivity index (χ1) is 27.8. The number of rotatable bonds is 11. The van der Waals surface area contributed by atoms with Gasteiger partial charge in [-0.05, 0) is 82.6 Å². The number of phenols is 4. The molecule has 0 bridgehead atoms. The molecule has 6 aromatic rings. The fraction of sp³-hybridized carbons (Fsp3) is 0.0588. The maximum absolute atomic E-state index is 12.2. The van der Waals surface area contributed by atoms with E-state index in [1.54, 1.807) is 0 Å². The van der Waals surface area contributed by atoms with Gasteiger partial charge in [-0.1, -0.05) is 12.1 Å². The normalized spacial score (nSPS) is 12.0. The van der Waals surface area contributed by atoms with E-state index in [0.717, 1.165) is 0 Å². The summed E-state index contributed by atoms with van der Waals surface area (Å²) in [4.78, 5) is -4.31. The van der Waals surface area contributed by atoms with Crippen LogP contribution >= 0.6 is 0 Å². The summed E-state index contributed by atoms with van der Waals surface area (Å²) in [7, 11) is -18.8. The number of fused-ring (bicyclic) bond motifs is 2. The van der Waals surface area contributed by atoms with Gasteiger partial charge in [0, 0.05) is 0 Å². The van der Waals surface area contributed by atoms with Crippen LogP contribution in [0.15, 0.2) is 113 Å². The number of azo groups is 2. The van der Waals surface area contributed by atoms with Gasteiger partial charge in [0.25, 0.3) is 0 Å². The number of ether oxygens (including phenoxy) is 2. The summed E-state index contributed by atoms with van der Waals surface area (Å²) < 4.78 is 153. The zero-order valence-electron chi connectivity index (χ0n) is 33.9. The van der Waals surface area contributed by atoms with Crippen LogP contribution < -0.4 is 128 Å². The Labute approximate surface area is 451 Å². The second-order valence-electron chi connectivity index (χ2n) is 12.2. The van der Waals surface area contributed by atoms with Crippen molar-refractivity contribution in [2.24, 2.45) is 20.5 Å². The van der Waals surface area contributed by atoms with E-state index in [2.05, 4.69) is 20.5 Å². The first kappa shape index (κ1) is 57.6. The molecule has 0 aromatic heterocycles. The molecule has 0 radical (unpaired) electrons. The molecule has 0 atom stereocenters. The van der Waals surface area contributed by atoms with Crippen LogP contribution in [0.1, 0.15) is 0 Å². The van der Waals surface area contributed by atoms with Gasteiger partial charge in [-0.3, -0.25) is 0 Å². The van der Waals surface area contributed by atoms with E-state index in [4.69, 9.17) is 9.47 Å². The number of aromatic hydroxyl groups is 4. The van der Waals surface area contributed by atoms with E-state index in [1.165, 1.54) is 50.6 Å². The molecular formula is C34H22N4Na4O18S4. The van der Waals surface area contributed by atoms with Gasteiger partial charge >= 0.3 is 118 Å². The van der Waals surface area contributed by atoms with Gasteiger partial charge in [0.1, 0.15) is 86.2 Å². The Hall–Kier alpha value is -2.52. The molecule has 0 aliphatic carbocycles. The Kier molecular flexibility index (Phi) is 19.5. The molecular weight excluding hydrogens is 973 g/mol. The third-order valence-corrected chi connectivity index (χ3v) is 11.9. The summed E-state index contributed by atoms with van der Waals surface area (Å²) in [6.07, 6.45) is 0. The van der Waals surface area contributed by atoms with E-state index in [1.807, 2.05) is 0 Å². The first-order valence-electron chi connectivity index (χ1n) is 15.9. The molecule has 0 amide bonds. The Balaban J connectivity index is 0.00000352. The summed E-state index contributed by atoms with van der Waals surface area (Å²) in [6, 6.07) is 11.9. The molecule has 0 spiro atoms. The van der Waals surface area contributed by atoms with E-state index in [9.17, 15) is 72.3 Å². The third kappa shape index (κ3) is 12.1. The van der Waals surface area contributed by atoms with Crippen molar-refractivity contribution in [1.29, 1.82) is 0 Å². The van der Waals surface area contributed by atoms with Gasteiger partial charge in [-0.2, -0.15) is 0 Å². The van der Waals surface area contributed by atoms with Crippen LogP contribution in [0, 0.1) is 0 Å². The van der Waals surface area contributed by atoms with Crippen molar-refractivity contribution < 1.29 is 200 Å². The van der Waals surface area contributed by atoms with Crippen LogP contribution in [0.4, 0.5) is 22.7 Å². The van der Waals surface area contributed by atoms with E-state index >= 15 is 0 Å². The molecule has 0 saturated carbocycles. The quantitative estimate of drug-likeness (QED) is 0.0532. The second-order valence-corrected chi connectivity index (χ2v) is 17.7. The van der Waals surface area contributed by atoms with Crippen molar-refractivity contribution in [3.8, 4) is 45.6 Å². The fourth-order valence-corrected chi connectivity index (χ4v) is 8.17. The zero-order chi connectivity index (χ0) is 44.3. The molecule has 30 heteroatoms. The fourth-order valence-electron chi connectivity index (χ4n) is 5.83. The Bertz CT molecular complexity index is 3140. The van der Waals surface area contributed by atoms with Gasteiger partial charge in [0.2, 0.25) is 0 Å². The van der Waals surface area contributed by atoms with Gasteiger partial charge in [-0.25, -0.2) is 33.7 Å². The van der Waals surface area contributed by atoms with Crippen molar-refractivity contribution in [3.05, 3.63) is 72.8 Å². The van der Waals surface area contributed by atoms with Gasteiger partial charge in [-0.15, -0.1) is 20.5 Å². The van der Waals surface area contributed by atoms with E-state index < -0.39 is 116 Å². The molecule has 64 heavy (non-hydrogen) atoms. The van der Waals surface area contributed by atoms with Crippen molar-refractivity contribution >= 4 is 84.8 Å². The summed E-state index contributed by atoms with van der Waals surface area (Å²) >= 11 is 0. The predicted molar refractivity (Wildman–Crippen MR) is 200 cm³/mol. The number of nitrogens with zero attached hydrogens (tertiary/aromatic N) is 4. The summed E-state index contributed by atoms with van der Waals surface area (Å²) in [6.45, 7) is 0. The molecule has 0 unspecified atom stereocenters. The molecule has 0 aliphatic heterocycles. The Morgan fingerprint density at radius 1 is 0.453 bits per heavy atom. The predicted octanol–water partition coefficient (Wildman–Crippen LogP) is -7.04. The average molecular weight is 995 g/mol. The van der Waals surface area contributed by atoms with Crippen LogP contribution in [0.3, 0.4) is 0 Å². The summed E-state index contributed by atoms with van der Waals surface area (Å²) in [5.74, 6) is -4.13. The number of hydrogen-bond acceptors (Lipinski definition) is 22. The van der Waals surface area contributed by atoms with Crippen molar-refractivity contribution in [1.82, 2.24) is 0 Å². The van der Waals surface area contributed by atoms with Crippen LogP contribution in [0.2, 0.25) is 0 Å². The van der Waals surface area contributed by atoms with Gasteiger partial charge in [0.15, 0.2) is 11.5 Å². The number of methoxy groups -OCH3 is 2. The van der Waals surface area contributed by atoms with Gasteiger partial charge in [0.05, 0.1) is 44.6 Å². The largest absolute Gasteiger partial charge is 1.00 e. The van der Waals surface area contributed by atoms with Crippen LogP contribution in [-0.4, -0.2) is 86.5 Å². The third-order valence-electron chi connectivity index (χ3n) is 8.53. The molecule has 6 rings (SSSR count). The van der Waals surface area contributed by atoms with E-state index in [0.29, 0.717) is 47.5 Å². The topological polar surface area (TPSA) is 378 Å². The van der Waals surface area contributed by atoms with E-state index in [-0.39, 0.29) is 141 Å². The minimum atomic E-state index is -5.45. The molecule has 6 aromatic carbocycles. The molecule has 0 fully saturated rings. The van der Waals surface area contributed by atoms with Crippen LogP contribution in [0.5, 0.6) is 34.5 Å². The van der Waals surface area contributed by atoms with Crippen molar-refractivity contribution in [3.63, 3.8) is 0 Å². The SMILES string of the molecule is COc1cc(-c2ccc(N=Nc3c(S(=O)(=O)[O-])cc4cc(S(=O)(=O)[O-])cc(O)c4c3O)c(OC)c2)ccc1N=Nc1c(S(=O)(=O)[O-])cc2cc(S(=O)(=O)[O-])cc(O)c2c1O.[Na+].[Na+].[Na+].[Na+]. The first-order valence-corrected chi connectivity index (χ1v) is 21.6. The molecule has 0 saturated heterocycles. The minimum absolute atomic E-state index is 0. The minimum Gasteiger partial charge on any atom is -0.744 e. The monoisotopic (exact) mass is 994 g/mol. The number of hydrogen-bond donors (Lipinski definition) is 4. The average Bonchev–Trinajstić information content (AvgIpc) is 3.14. The summed E-state index contributed by atoms with van der Waals surface area (Å²) in [5, 5.41) is 55.7. The zero-order valence-corrected chi connectivity index (χ0v) is 45.1. The van der Waals surface area contributed by atoms with Crippen LogP contribution in [0.25, 0.3) is 32.7 Å². The van der Waals surface area contributed by atoms with Crippen LogP contribution in [-0.2, 0) is 40.5 Å². The molecule has 0 heterocycles. The second kappa shape index (κ2) is 21.6. The maximum Gasteiger partial charge on any atom is 1.00 e. The van der Waals surface area contributed by atoms with Crippen molar-refractivity contribution in [2.45, 2.75) is 19.6 Å². The molecule has 0 aliphatic rings. The standard InChI is InChI=1S/C34H26N4O18S4.4Na/c1-55-25-9-15(3-5-21(25)35-37-31-27(59(49,50)51)11-17-7-19(57(43,44)45)13-23(39)29(17)33(31)41)16-4-6-22(26(10-16)56-2)36-38-32-28(60(52,53)54)12-18-8-20(58(46,47)48)14-24(40)30(18)34(32)42;;;;/h3-14,39-42H,1-2H3,(H,43,44,45)(H,46,47,48)(H,49,50,51)(H,52,53,54);;;;/q;4*+1/p-4. The van der Waals surface area contributed by atoms with Gasteiger partial charge < -0.3 is 48.1 Å². The Morgan fingerprint density at radius 3 is 1.06 bits per heavy atom. The molecule has 314 valence electrons. The van der Waals surface area contributed by atoms with Crippen molar-refractivity contribution in [2.75, 3.05) is 14.2 Å². The molecule has 22 nitrogen and oxygen atoms in total. The Morgan fingerprint density at radius 2 is 0.781 bits per heavy atom. The number of phenolic OH excluding ortho intramolecular Hbond substituents is 4. The summed E-state index contributed by atoms with van der Waals surface area (Å²) in [5.41, 5.74) is -1.27. The molecule has 4 N–H and O–H groups in total. The smallest absolute Gasteiger partial charge is 0.744 e. The number of benzene rings is 6. The maximum atomic E-state index is 12.2.